The smallest absolute Gasteiger partial charge is 0.125 e. The summed E-state index contributed by atoms with van der Waals surface area (Å²) in [6.45, 7) is 8.20. The van der Waals surface area contributed by atoms with Gasteiger partial charge in [0.2, 0.25) is 0 Å². The number of benzene rings is 1. The minimum absolute atomic E-state index is 0.0132. The van der Waals surface area contributed by atoms with E-state index < -0.39 is 0 Å². The molecule has 0 atom stereocenters. The van der Waals surface area contributed by atoms with Gasteiger partial charge in [-0.1, -0.05) is 44.0 Å². The van der Waals surface area contributed by atoms with Crippen LogP contribution in [0.1, 0.15) is 26.3 Å². The molecule has 1 saturated heterocycles. The van der Waals surface area contributed by atoms with Crippen molar-refractivity contribution in [2.24, 2.45) is 0 Å². The lowest BCUT2D eigenvalue weighted by atomic mass is 9.86. The van der Waals surface area contributed by atoms with Crippen molar-refractivity contribution >= 4 is 23.2 Å². The Bertz CT molecular complexity index is 422. The van der Waals surface area contributed by atoms with Gasteiger partial charge in [0, 0.05) is 24.7 Å². The van der Waals surface area contributed by atoms with Crippen LogP contribution in [0.5, 0.6) is 5.75 Å². The maximum absolute atomic E-state index is 6.08. The molecule has 1 heterocycles. The van der Waals surface area contributed by atoms with Crippen LogP contribution in [0.2, 0.25) is 10.0 Å². The highest BCUT2D eigenvalue weighted by molar-refractivity contribution is 6.42. The first kappa shape index (κ1) is 13.0. The largest absolute Gasteiger partial charge is 0.487 e. The molecule has 0 bridgehead atoms. The molecule has 1 aliphatic rings. The highest BCUT2D eigenvalue weighted by Gasteiger charge is 2.25. The number of halogens is 2. The molecule has 0 aromatic heterocycles. The molecule has 0 saturated carbocycles. The number of rotatable bonds is 2. The highest BCUT2D eigenvalue weighted by atomic mass is 35.5. The van der Waals surface area contributed by atoms with Crippen LogP contribution in [0, 0.1) is 0 Å². The molecule has 4 heteroatoms. The molecule has 0 spiro atoms. The van der Waals surface area contributed by atoms with E-state index in [1.54, 1.807) is 0 Å². The van der Waals surface area contributed by atoms with E-state index in [1.807, 2.05) is 12.1 Å². The molecular formula is C13H17Cl2NO. The molecule has 1 N–H and O–H groups in total. The molecule has 17 heavy (non-hydrogen) atoms. The standard InChI is InChI=1S/C13H17Cl2NO/c1-13(2,3)9-4-10(14)11(15)5-12(9)17-8-6-16-7-8/h4-5,8,16H,6-7H2,1-3H3. The van der Waals surface area contributed by atoms with E-state index in [1.165, 1.54) is 0 Å². The van der Waals surface area contributed by atoms with Gasteiger partial charge in [-0.05, 0) is 11.5 Å². The van der Waals surface area contributed by atoms with Crippen molar-refractivity contribution in [3.05, 3.63) is 27.7 Å². The van der Waals surface area contributed by atoms with Crippen molar-refractivity contribution in [3.63, 3.8) is 0 Å². The average molecular weight is 274 g/mol. The van der Waals surface area contributed by atoms with Crippen LogP contribution in [-0.2, 0) is 5.41 Å². The summed E-state index contributed by atoms with van der Waals surface area (Å²) >= 11 is 12.1. The molecule has 1 fully saturated rings. The van der Waals surface area contributed by atoms with Crippen LogP contribution >= 0.6 is 23.2 Å². The van der Waals surface area contributed by atoms with E-state index in [2.05, 4.69) is 26.1 Å². The van der Waals surface area contributed by atoms with E-state index in [0.717, 1.165) is 24.4 Å². The Morgan fingerprint density at radius 1 is 1.18 bits per heavy atom. The van der Waals surface area contributed by atoms with Gasteiger partial charge in [-0.3, -0.25) is 0 Å². The Labute approximate surface area is 112 Å². The highest BCUT2D eigenvalue weighted by Crippen LogP contribution is 2.38. The first-order valence-corrected chi connectivity index (χ1v) is 6.50. The number of ether oxygens (including phenoxy) is 1. The summed E-state index contributed by atoms with van der Waals surface area (Å²) < 4.78 is 5.94. The zero-order valence-corrected chi connectivity index (χ0v) is 11.8. The van der Waals surface area contributed by atoms with Crippen molar-refractivity contribution in [1.82, 2.24) is 5.32 Å². The Morgan fingerprint density at radius 2 is 1.76 bits per heavy atom. The van der Waals surface area contributed by atoms with Gasteiger partial charge in [0.25, 0.3) is 0 Å². The Morgan fingerprint density at radius 3 is 2.24 bits per heavy atom. The first-order valence-electron chi connectivity index (χ1n) is 5.75. The van der Waals surface area contributed by atoms with Crippen molar-refractivity contribution in [3.8, 4) is 5.75 Å². The van der Waals surface area contributed by atoms with Gasteiger partial charge >= 0.3 is 0 Å². The van der Waals surface area contributed by atoms with Gasteiger partial charge in [0.15, 0.2) is 0 Å². The van der Waals surface area contributed by atoms with E-state index in [0.29, 0.717) is 10.0 Å². The van der Waals surface area contributed by atoms with Crippen LogP contribution in [0.4, 0.5) is 0 Å². The first-order chi connectivity index (χ1) is 7.88. The van der Waals surface area contributed by atoms with E-state index in [4.69, 9.17) is 27.9 Å². The van der Waals surface area contributed by atoms with Crippen LogP contribution in [0.3, 0.4) is 0 Å². The molecule has 2 rings (SSSR count). The molecule has 1 aromatic carbocycles. The maximum atomic E-state index is 6.08. The fourth-order valence-corrected chi connectivity index (χ4v) is 2.05. The fraction of sp³-hybridized carbons (Fsp3) is 0.538. The quantitative estimate of drug-likeness (QED) is 0.889. The third kappa shape index (κ3) is 2.87. The summed E-state index contributed by atoms with van der Waals surface area (Å²) in [5.74, 6) is 0.846. The molecule has 94 valence electrons. The second kappa shape index (κ2) is 4.68. The molecule has 0 unspecified atom stereocenters. The van der Waals surface area contributed by atoms with Crippen LogP contribution < -0.4 is 10.1 Å². The summed E-state index contributed by atoms with van der Waals surface area (Å²) in [4.78, 5) is 0. The Balaban J connectivity index is 2.36. The van der Waals surface area contributed by atoms with Gasteiger partial charge in [0.05, 0.1) is 10.0 Å². The SMILES string of the molecule is CC(C)(C)c1cc(Cl)c(Cl)cc1OC1CNC1. The Hall–Kier alpha value is -0.440. The van der Waals surface area contributed by atoms with Crippen LogP contribution in [0.15, 0.2) is 12.1 Å². The maximum Gasteiger partial charge on any atom is 0.125 e. The zero-order valence-electron chi connectivity index (χ0n) is 10.3. The molecule has 1 aromatic rings. The number of hydrogen-bond donors (Lipinski definition) is 1. The zero-order chi connectivity index (χ0) is 12.6. The summed E-state index contributed by atoms with van der Waals surface area (Å²) in [5.41, 5.74) is 1.08. The third-order valence-electron chi connectivity index (χ3n) is 2.87. The van der Waals surface area contributed by atoms with Gasteiger partial charge in [-0.15, -0.1) is 0 Å². The molecule has 1 aliphatic heterocycles. The van der Waals surface area contributed by atoms with Crippen LogP contribution in [-0.4, -0.2) is 19.2 Å². The molecule has 2 nitrogen and oxygen atoms in total. The molecule has 0 aliphatic carbocycles. The lowest BCUT2D eigenvalue weighted by molar-refractivity contribution is 0.139. The summed E-state index contributed by atoms with van der Waals surface area (Å²) in [7, 11) is 0. The predicted octanol–water partition coefficient (Wildman–Crippen LogP) is 3.64. The van der Waals surface area contributed by atoms with E-state index in [9.17, 15) is 0 Å². The van der Waals surface area contributed by atoms with Crippen LogP contribution in [0.25, 0.3) is 0 Å². The van der Waals surface area contributed by atoms with Crippen molar-refractivity contribution in [1.29, 1.82) is 0 Å². The van der Waals surface area contributed by atoms with Crippen molar-refractivity contribution in [2.75, 3.05) is 13.1 Å². The number of hydrogen-bond acceptors (Lipinski definition) is 2. The monoisotopic (exact) mass is 273 g/mol. The third-order valence-corrected chi connectivity index (χ3v) is 3.59. The summed E-state index contributed by atoms with van der Waals surface area (Å²) in [6.07, 6.45) is 0.244. The second-order valence-corrected chi connectivity index (χ2v) is 6.22. The molecule has 0 amide bonds. The van der Waals surface area contributed by atoms with Crippen molar-refractivity contribution in [2.45, 2.75) is 32.3 Å². The lowest BCUT2D eigenvalue weighted by Gasteiger charge is -2.31. The normalized spacial score (nSPS) is 16.8. The van der Waals surface area contributed by atoms with E-state index >= 15 is 0 Å². The predicted molar refractivity (Wildman–Crippen MR) is 72.4 cm³/mol. The number of nitrogens with one attached hydrogen (secondary N) is 1. The van der Waals surface area contributed by atoms with Gasteiger partial charge in [-0.2, -0.15) is 0 Å². The second-order valence-electron chi connectivity index (χ2n) is 5.41. The minimum atomic E-state index is -0.0132. The lowest BCUT2D eigenvalue weighted by Crippen LogP contribution is -2.50. The summed E-state index contributed by atoms with van der Waals surface area (Å²) in [6, 6.07) is 3.73. The van der Waals surface area contributed by atoms with Crippen molar-refractivity contribution < 1.29 is 4.74 Å². The topological polar surface area (TPSA) is 21.3 Å². The van der Waals surface area contributed by atoms with E-state index in [-0.39, 0.29) is 11.5 Å². The molecule has 0 radical (unpaired) electrons. The van der Waals surface area contributed by atoms with Gasteiger partial charge in [-0.25, -0.2) is 0 Å². The van der Waals surface area contributed by atoms with Gasteiger partial charge in [0.1, 0.15) is 11.9 Å². The fourth-order valence-electron chi connectivity index (χ4n) is 1.74. The van der Waals surface area contributed by atoms with Gasteiger partial charge < -0.3 is 10.1 Å². The Kier molecular flexibility index (Phi) is 3.58. The minimum Gasteiger partial charge on any atom is -0.487 e. The average Bonchev–Trinajstić information content (AvgIpc) is 2.14. The molecular weight excluding hydrogens is 257 g/mol. The summed E-state index contributed by atoms with van der Waals surface area (Å²) in [5, 5.41) is 4.30.